The number of hydrogen-bond acceptors (Lipinski definition) is 4. The molecule has 1 N–H and O–H groups in total. The van der Waals surface area contributed by atoms with Gasteiger partial charge in [-0.05, 0) is 18.0 Å². The van der Waals surface area contributed by atoms with Crippen LogP contribution in [0.25, 0.3) is 10.4 Å². The van der Waals surface area contributed by atoms with Gasteiger partial charge >= 0.3 is 5.97 Å². The zero-order valence-corrected chi connectivity index (χ0v) is 9.35. The zero-order valence-electron chi connectivity index (χ0n) is 9.35. The lowest BCUT2D eigenvalue weighted by molar-refractivity contribution is -0.148. The molecular weight excluding hydrogens is 222 g/mol. The standard InChI is InChI=1S/C11H13N3O3/c1-8(15)10(13-14-12)11(16)17-7-9-5-3-2-4-6-9/h2-6,8,10,15H,7H2,1H3/t8-,10-/m0/s1. The predicted octanol–water partition coefficient (Wildman–Crippen LogP) is 1.79. The molecule has 0 saturated carbocycles. The van der Waals surface area contributed by atoms with Crippen molar-refractivity contribution in [3.8, 4) is 0 Å². The van der Waals surface area contributed by atoms with E-state index in [0.717, 1.165) is 5.56 Å². The second-order valence-corrected chi connectivity index (χ2v) is 3.48. The number of azide groups is 1. The van der Waals surface area contributed by atoms with Crippen molar-refractivity contribution in [3.63, 3.8) is 0 Å². The molecule has 0 unspecified atom stereocenters. The number of aliphatic hydroxyl groups excluding tert-OH is 1. The normalized spacial score (nSPS) is 13.3. The monoisotopic (exact) mass is 235 g/mol. The molecule has 2 atom stereocenters. The van der Waals surface area contributed by atoms with E-state index in [0.29, 0.717) is 0 Å². The van der Waals surface area contributed by atoms with Crippen molar-refractivity contribution in [2.45, 2.75) is 25.7 Å². The SMILES string of the molecule is C[C@H](O)[C@H](N=[N+]=[N-])C(=O)OCc1ccccc1. The van der Waals surface area contributed by atoms with E-state index >= 15 is 0 Å². The third-order valence-electron chi connectivity index (χ3n) is 2.10. The molecule has 6 heteroatoms. The highest BCUT2D eigenvalue weighted by Crippen LogP contribution is 2.06. The molecule has 0 radical (unpaired) electrons. The first-order valence-electron chi connectivity index (χ1n) is 5.08. The van der Waals surface area contributed by atoms with Gasteiger partial charge in [0.1, 0.15) is 6.61 Å². The highest BCUT2D eigenvalue weighted by Gasteiger charge is 2.23. The Hall–Kier alpha value is -2.04. The number of benzene rings is 1. The van der Waals surface area contributed by atoms with Crippen LogP contribution in [0.4, 0.5) is 0 Å². The summed E-state index contributed by atoms with van der Waals surface area (Å²) in [6.45, 7) is 1.45. The Labute approximate surface area is 98.5 Å². The predicted molar refractivity (Wildman–Crippen MR) is 60.9 cm³/mol. The first-order valence-corrected chi connectivity index (χ1v) is 5.08. The maximum absolute atomic E-state index is 11.5. The molecule has 0 aliphatic carbocycles. The second-order valence-electron chi connectivity index (χ2n) is 3.48. The van der Waals surface area contributed by atoms with E-state index in [-0.39, 0.29) is 6.61 Å². The van der Waals surface area contributed by atoms with Crippen LogP contribution in [0.1, 0.15) is 12.5 Å². The lowest BCUT2D eigenvalue weighted by atomic mass is 10.2. The van der Waals surface area contributed by atoms with Crippen LogP contribution in [0.2, 0.25) is 0 Å². The second kappa shape index (κ2) is 6.52. The number of hydrogen-bond donors (Lipinski definition) is 1. The van der Waals surface area contributed by atoms with Crippen molar-refractivity contribution in [3.05, 3.63) is 46.3 Å². The van der Waals surface area contributed by atoms with Gasteiger partial charge in [-0.3, -0.25) is 4.79 Å². The lowest BCUT2D eigenvalue weighted by Gasteiger charge is -2.13. The molecule has 0 spiro atoms. The zero-order chi connectivity index (χ0) is 12.7. The van der Waals surface area contributed by atoms with E-state index in [2.05, 4.69) is 10.0 Å². The quantitative estimate of drug-likeness (QED) is 0.364. The molecule has 0 saturated heterocycles. The summed E-state index contributed by atoms with van der Waals surface area (Å²) in [5, 5.41) is 12.4. The highest BCUT2D eigenvalue weighted by atomic mass is 16.5. The van der Waals surface area contributed by atoms with Crippen LogP contribution >= 0.6 is 0 Å². The molecule has 17 heavy (non-hydrogen) atoms. The molecule has 6 nitrogen and oxygen atoms in total. The van der Waals surface area contributed by atoms with E-state index in [1.165, 1.54) is 6.92 Å². The summed E-state index contributed by atoms with van der Waals surface area (Å²) < 4.78 is 4.94. The molecule has 0 heterocycles. The van der Waals surface area contributed by atoms with Gasteiger partial charge in [-0.1, -0.05) is 35.4 Å². The van der Waals surface area contributed by atoms with Gasteiger partial charge in [0.15, 0.2) is 6.04 Å². The van der Waals surface area contributed by atoms with E-state index in [9.17, 15) is 9.90 Å². The summed E-state index contributed by atoms with van der Waals surface area (Å²) in [5.74, 6) is -0.735. The van der Waals surface area contributed by atoms with E-state index in [1.54, 1.807) is 12.1 Å². The minimum Gasteiger partial charge on any atom is -0.460 e. The maximum Gasteiger partial charge on any atom is 0.317 e. The summed E-state index contributed by atoms with van der Waals surface area (Å²) in [7, 11) is 0. The number of esters is 1. The molecule has 0 amide bonds. The van der Waals surface area contributed by atoms with Crippen molar-refractivity contribution in [2.24, 2.45) is 5.11 Å². The van der Waals surface area contributed by atoms with Crippen molar-refractivity contribution < 1.29 is 14.6 Å². The number of carbonyl (C=O) groups excluding carboxylic acids is 1. The van der Waals surface area contributed by atoms with Crippen molar-refractivity contribution in [2.75, 3.05) is 0 Å². The Kier molecular flexibility index (Phi) is 5.00. The summed E-state index contributed by atoms with van der Waals surface area (Å²) in [6.07, 6.45) is -1.07. The Morgan fingerprint density at radius 1 is 1.53 bits per heavy atom. The molecule has 1 aromatic rings. The van der Waals surface area contributed by atoms with Crippen LogP contribution in [0, 0.1) is 0 Å². The molecule has 0 aliphatic rings. The van der Waals surface area contributed by atoms with Crippen LogP contribution in [-0.4, -0.2) is 23.2 Å². The topological polar surface area (TPSA) is 95.3 Å². The number of nitrogens with zero attached hydrogens (tertiary/aromatic N) is 3. The minimum atomic E-state index is -1.20. The number of rotatable bonds is 5. The molecule has 0 bridgehead atoms. The summed E-state index contributed by atoms with van der Waals surface area (Å²) in [4.78, 5) is 14.0. The van der Waals surface area contributed by atoms with Crippen molar-refractivity contribution >= 4 is 5.97 Å². The average Bonchev–Trinajstić information content (AvgIpc) is 2.34. The molecule has 0 aliphatic heterocycles. The van der Waals surface area contributed by atoms with Crippen molar-refractivity contribution in [1.29, 1.82) is 0 Å². The first-order chi connectivity index (χ1) is 8.15. The Bertz CT molecular complexity index is 413. The largest absolute Gasteiger partial charge is 0.460 e. The van der Waals surface area contributed by atoms with Gasteiger partial charge < -0.3 is 9.84 Å². The van der Waals surface area contributed by atoms with Crippen LogP contribution in [-0.2, 0) is 16.1 Å². The third-order valence-corrected chi connectivity index (χ3v) is 2.10. The Morgan fingerprint density at radius 3 is 2.71 bits per heavy atom. The van der Waals surface area contributed by atoms with Crippen LogP contribution < -0.4 is 0 Å². The number of carbonyl (C=O) groups is 1. The van der Waals surface area contributed by atoms with Crippen LogP contribution in [0.15, 0.2) is 35.4 Å². The smallest absolute Gasteiger partial charge is 0.317 e. The molecule has 90 valence electrons. The van der Waals surface area contributed by atoms with Crippen LogP contribution in [0.5, 0.6) is 0 Å². The lowest BCUT2D eigenvalue weighted by Crippen LogP contribution is -2.31. The maximum atomic E-state index is 11.5. The molecular formula is C11H13N3O3. The van der Waals surface area contributed by atoms with Gasteiger partial charge in [0.2, 0.25) is 0 Å². The summed E-state index contributed by atoms with van der Waals surface area (Å²) in [5.41, 5.74) is 9.08. The molecule has 0 aromatic heterocycles. The van der Waals surface area contributed by atoms with E-state index in [4.69, 9.17) is 10.3 Å². The highest BCUT2D eigenvalue weighted by molar-refractivity contribution is 5.76. The van der Waals surface area contributed by atoms with Gasteiger partial charge in [0, 0.05) is 4.91 Å². The average molecular weight is 235 g/mol. The van der Waals surface area contributed by atoms with Gasteiger partial charge in [0.25, 0.3) is 0 Å². The molecule has 0 fully saturated rings. The van der Waals surface area contributed by atoms with Gasteiger partial charge in [0.05, 0.1) is 6.10 Å². The molecule has 1 aromatic carbocycles. The third kappa shape index (κ3) is 4.14. The number of ether oxygens (including phenoxy) is 1. The fraction of sp³-hybridized carbons (Fsp3) is 0.364. The Morgan fingerprint density at radius 2 is 2.18 bits per heavy atom. The molecule has 1 rings (SSSR count). The van der Waals surface area contributed by atoms with E-state index < -0.39 is 18.1 Å². The van der Waals surface area contributed by atoms with Crippen LogP contribution in [0.3, 0.4) is 0 Å². The number of aliphatic hydroxyl groups is 1. The van der Waals surface area contributed by atoms with Gasteiger partial charge in [-0.15, -0.1) is 0 Å². The summed E-state index contributed by atoms with van der Waals surface area (Å²) in [6, 6.07) is 7.90. The fourth-order valence-electron chi connectivity index (χ4n) is 1.21. The van der Waals surface area contributed by atoms with Gasteiger partial charge in [-0.25, -0.2) is 0 Å². The van der Waals surface area contributed by atoms with Crippen molar-refractivity contribution in [1.82, 2.24) is 0 Å². The Balaban J connectivity index is 2.56. The summed E-state index contributed by atoms with van der Waals surface area (Å²) >= 11 is 0. The fourth-order valence-corrected chi connectivity index (χ4v) is 1.21. The minimum absolute atomic E-state index is 0.0871. The van der Waals surface area contributed by atoms with E-state index in [1.807, 2.05) is 18.2 Å². The first kappa shape index (κ1) is 13.0. The van der Waals surface area contributed by atoms with Gasteiger partial charge in [-0.2, -0.15) is 0 Å².